The lowest BCUT2D eigenvalue weighted by Gasteiger charge is -2.19. The zero-order valence-electron chi connectivity index (χ0n) is 10.9. The molecule has 5 heteroatoms. The maximum absolute atomic E-state index is 12.3. The largest absolute Gasteiger partial charge is 0.492 e. The number of nitrogens with one attached hydrogen (secondary N) is 1. The summed E-state index contributed by atoms with van der Waals surface area (Å²) in [7, 11) is 1.64. The lowest BCUT2D eigenvalue weighted by atomic mass is 10.00. The first-order valence-electron chi connectivity index (χ1n) is 6.33. The summed E-state index contributed by atoms with van der Waals surface area (Å²) in [5, 5.41) is 3.86. The highest BCUT2D eigenvalue weighted by atomic mass is 79.9. The molecule has 0 saturated heterocycles. The molecular weight excluding hydrogens is 310 g/mol. The molecule has 1 aliphatic rings. The molecule has 1 amide bonds. The minimum atomic E-state index is -0.217. The number of amides is 1. The molecule has 104 valence electrons. The zero-order valence-corrected chi connectivity index (χ0v) is 12.5. The summed E-state index contributed by atoms with van der Waals surface area (Å²) >= 11 is 3.39. The Balaban J connectivity index is 2.01. The Hall–Kier alpha value is -1.07. The average Bonchev–Trinajstić information content (AvgIpc) is 2.83. The van der Waals surface area contributed by atoms with Crippen molar-refractivity contribution in [2.24, 2.45) is 0 Å². The van der Waals surface area contributed by atoms with E-state index in [1.54, 1.807) is 7.11 Å². The Bertz CT molecular complexity index is 432. The zero-order chi connectivity index (χ0) is 13.7. The fraction of sp³-hybridized carbons (Fsp3) is 0.500. The van der Waals surface area contributed by atoms with Crippen LogP contribution in [0.15, 0.2) is 24.3 Å². The summed E-state index contributed by atoms with van der Waals surface area (Å²) in [4.78, 5) is 12.3. The van der Waals surface area contributed by atoms with Gasteiger partial charge < -0.3 is 14.8 Å². The molecule has 1 aliphatic heterocycles. The summed E-state index contributed by atoms with van der Waals surface area (Å²) in [6.07, 6.45) is 0.842. The molecule has 1 aromatic carbocycles. The lowest BCUT2D eigenvalue weighted by Crippen LogP contribution is -2.41. The molecule has 19 heavy (non-hydrogen) atoms. The van der Waals surface area contributed by atoms with Crippen LogP contribution in [0.3, 0.4) is 0 Å². The van der Waals surface area contributed by atoms with E-state index >= 15 is 0 Å². The van der Waals surface area contributed by atoms with E-state index in [0.717, 1.165) is 23.1 Å². The van der Waals surface area contributed by atoms with Crippen LogP contribution in [-0.2, 0) is 9.53 Å². The van der Waals surface area contributed by atoms with Crippen LogP contribution in [0.25, 0.3) is 0 Å². The van der Waals surface area contributed by atoms with Crippen molar-refractivity contribution in [1.29, 1.82) is 0 Å². The highest BCUT2D eigenvalue weighted by Crippen LogP contribution is 2.33. The summed E-state index contributed by atoms with van der Waals surface area (Å²) in [6.45, 7) is 0.936. The van der Waals surface area contributed by atoms with Crippen LogP contribution < -0.4 is 10.1 Å². The van der Waals surface area contributed by atoms with E-state index in [2.05, 4.69) is 21.2 Å². The van der Waals surface area contributed by atoms with Gasteiger partial charge in [0.05, 0.1) is 12.6 Å². The van der Waals surface area contributed by atoms with Gasteiger partial charge in [0.1, 0.15) is 18.3 Å². The fourth-order valence-corrected chi connectivity index (χ4v) is 2.76. The number of rotatable bonds is 6. The number of hydrogen-bond donors (Lipinski definition) is 1. The van der Waals surface area contributed by atoms with Crippen molar-refractivity contribution in [2.45, 2.75) is 18.4 Å². The quantitative estimate of drug-likeness (QED) is 0.814. The standard InChI is InChI=1S/C14H18BrNO3/c1-18-8-10(6-7-15)16-14(17)12-9-19-13-5-3-2-4-11(12)13/h2-5,10,12H,6-9H2,1H3,(H,16,17). The van der Waals surface area contributed by atoms with Crippen molar-refractivity contribution in [3.8, 4) is 5.75 Å². The predicted molar refractivity (Wildman–Crippen MR) is 76.9 cm³/mol. The number of carbonyl (C=O) groups excluding carboxylic acids is 1. The molecule has 0 fully saturated rings. The smallest absolute Gasteiger partial charge is 0.231 e. The van der Waals surface area contributed by atoms with Crippen molar-refractivity contribution in [1.82, 2.24) is 5.32 Å². The maximum Gasteiger partial charge on any atom is 0.231 e. The molecular formula is C14H18BrNO3. The second-order valence-electron chi connectivity index (χ2n) is 4.54. The second kappa shape index (κ2) is 6.91. The van der Waals surface area contributed by atoms with E-state index in [1.807, 2.05) is 24.3 Å². The second-order valence-corrected chi connectivity index (χ2v) is 5.33. The number of halogens is 1. The first-order valence-corrected chi connectivity index (χ1v) is 7.45. The molecule has 0 aliphatic carbocycles. The third-order valence-corrected chi connectivity index (χ3v) is 3.65. The van der Waals surface area contributed by atoms with Crippen LogP contribution in [0.4, 0.5) is 0 Å². The molecule has 2 unspecified atom stereocenters. The van der Waals surface area contributed by atoms with Gasteiger partial charge in [0.2, 0.25) is 5.91 Å². The van der Waals surface area contributed by atoms with E-state index in [-0.39, 0.29) is 17.9 Å². The van der Waals surface area contributed by atoms with Crippen molar-refractivity contribution in [2.75, 3.05) is 25.7 Å². The topological polar surface area (TPSA) is 47.6 Å². The van der Waals surface area contributed by atoms with Gasteiger partial charge in [-0.25, -0.2) is 0 Å². The van der Waals surface area contributed by atoms with Gasteiger partial charge in [-0.2, -0.15) is 0 Å². The highest BCUT2D eigenvalue weighted by Gasteiger charge is 2.30. The third kappa shape index (κ3) is 3.48. The predicted octanol–water partition coefficient (Wildman–Crippen LogP) is 2.08. The molecule has 2 atom stereocenters. The Kier molecular flexibility index (Phi) is 5.22. The number of hydrogen-bond acceptors (Lipinski definition) is 3. The minimum absolute atomic E-state index is 0.00736. The van der Waals surface area contributed by atoms with E-state index in [4.69, 9.17) is 9.47 Å². The van der Waals surface area contributed by atoms with Gasteiger partial charge in [0.25, 0.3) is 0 Å². The Morgan fingerprint density at radius 1 is 1.58 bits per heavy atom. The van der Waals surface area contributed by atoms with E-state index in [0.29, 0.717) is 13.2 Å². The number of methoxy groups -OCH3 is 1. The number of fused-ring (bicyclic) bond motifs is 1. The van der Waals surface area contributed by atoms with Crippen LogP contribution in [-0.4, -0.2) is 37.6 Å². The molecule has 0 radical (unpaired) electrons. The molecule has 0 bridgehead atoms. The van der Waals surface area contributed by atoms with Gasteiger partial charge in [-0.05, 0) is 12.5 Å². The Morgan fingerprint density at radius 3 is 3.11 bits per heavy atom. The van der Waals surface area contributed by atoms with Crippen LogP contribution in [0.2, 0.25) is 0 Å². The molecule has 1 heterocycles. The van der Waals surface area contributed by atoms with Gasteiger partial charge in [0.15, 0.2) is 0 Å². The third-order valence-electron chi connectivity index (χ3n) is 3.19. The lowest BCUT2D eigenvalue weighted by molar-refractivity contribution is -0.123. The van der Waals surface area contributed by atoms with E-state index in [1.165, 1.54) is 0 Å². The van der Waals surface area contributed by atoms with Crippen molar-refractivity contribution in [3.05, 3.63) is 29.8 Å². The average molecular weight is 328 g/mol. The molecule has 0 aromatic heterocycles. The van der Waals surface area contributed by atoms with Crippen LogP contribution in [0.1, 0.15) is 17.9 Å². The van der Waals surface area contributed by atoms with Gasteiger partial charge in [-0.1, -0.05) is 34.1 Å². The van der Waals surface area contributed by atoms with Gasteiger partial charge in [-0.3, -0.25) is 4.79 Å². The Labute approximate surface area is 121 Å². The first kappa shape index (κ1) is 14.3. The number of alkyl halides is 1. The maximum atomic E-state index is 12.3. The summed E-state index contributed by atoms with van der Waals surface area (Å²) < 4.78 is 10.7. The van der Waals surface area contributed by atoms with E-state index < -0.39 is 0 Å². The molecule has 4 nitrogen and oxygen atoms in total. The van der Waals surface area contributed by atoms with E-state index in [9.17, 15) is 4.79 Å². The fourth-order valence-electron chi connectivity index (χ4n) is 2.21. The molecule has 0 saturated carbocycles. The molecule has 1 aromatic rings. The minimum Gasteiger partial charge on any atom is -0.492 e. The van der Waals surface area contributed by atoms with Gasteiger partial charge >= 0.3 is 0 Å². The van der Waals surface area contributed by atoms with Crippen molar-refractivity contribution in [3.63, 3.8) is 0 Å². The van der Waals surface area contributed by atoms with Gasteiger partial charge in [-0.15, -0.1) is 0 Å². The molecule has 1 N–H and O–H groups in total. The normalized spacial score (nSPS) is 18.5. The first-order chi connectivity index (χ1) is 9.26. The van der Waals surface area contributed by atoms with Crippen molar-refractivity contribution < 1.29 is 14.3 Å². The Morgan fingerprint density at radius 2 is 2.37 bits per heavy atom. The van der Waals surface area contributed by atoms with Crippen LogP contribution >= 0.6 is 15.9 Å². The monoisotopic (exact) mass is 327 g/mol. The SMILES string of the molecule is COCC(CCBr)NC(=O)C1COc2ccccc21. The highest BCUT2D eigenvalue weighted by molar-refractivity contribution is 9.09. The summed E-state index contributed by atoms with van der Waals surface area (Å²) in [5.74, 6) is 0.602. The summed E-state index contributed by atoms with van der Waals surface area (Å²) in [5.41, 5.74) is 0.968. The number of para-hydroxylation sites is 1. The molecule has 0 spiro atoms. The molecule has 2 rings (SSSR count). The van der Waals surface area contributed by atoms with Crippen LogP contribution in [0.5, 0.6) is 5.75 Å². The van der Waals surface area contributed by atoms with Gasteiger partial charge in [0, 0.05) is 18.0 Å². The summed E-state index contributed by atoms with van der Waals surface area (Å²) in [6, 6.07) is 7.72. The number of benzene rings is 1. The van der Waals surface area contributed by atoms with Crippen LogP contribution in [0, 0.1) is 0 Å². The number of carbonyl (C=O) groups is 1. The number of ether oxygens (including phenoxy) is 2. The van der Waals surface area contributed by atoms with Crippen molar-refractivity contribution >= 4 is 21.8 Å².